The number of nitrogens with zero attached hydrogens (tertiary/aromatic N) is 1. The summed E-state index contributed by atoms with van der Waals surface area (Å²) in [6.45, 7) is 4.44. The van der Waals surface area contributed by atoms with Crippen LogP contribution in [0, 0.1) is 0 Å². The van der Waals surface area contributed by atoms with E-state index in [1.165, 1.54) is 0 Å². The first kappa shape index (κ1) is 16.3. The molecular formula is C13H24F2N2O2. The number of hydrogen-bond donors (Lipinski definition) is 1. The second kappa shape index (κ2) is 7.14. The molecule has 1 saturated carbocycles. The highest BCUT2D eigenvalue weighted by atomic mass is 19.3. The minimum Gasteiger partial charge on any atom is -0.465 e. The number of rotatable bonds is 7. The Bertz CT molecular complexity index is 302. The molecule has 6 heteroatoms. The van der Waals surface area contributed by atoms with Crippen LogP contribution in [0.5, 0.6) is 0 Å². The van der Waals surface area contributed by atoms with Crippen LogP contribution in [0.3, 0.4) is 0 Å². The number of alkyl halides is 2. The average Bonchev–Trinajstić information content (AvgIpc) is 2.75. The summed E-state index contributed by atoms with van der Waals surface area (Å²) in [7, 11) is 1.68. The minimum atomic E-state index is -2.35. The number of nitrogens with one attached hydrogen (secondary N) is 1. The van der Waals surface area contributed by atoms with E-state index in [1.807, 2.05) is 6.92 Å². The number of likely N-dealkylation sites (N-methyl/N-ethyl adjacent to an activating group) is 1. The minimum absolute atomic E-state index is 0.00236. The molecule has 0 heterocycles. The summed E-state index contributed by atoms with van der Waals surface area (Å²) in [5.74, 6) is -0.259. The Kier molecular flexibility index (Phi) is 6.13. The maximum absolute atomic E-state index is 12.4. The van der Waals surface area contributed by atoms with Crippen LogP contribution in [-0.2, 0) is 9.53 Å². The van der Waals surface area contributed by atoms with Crippen molar-refractivity contribution < 1.29 is 18.3 Å². The Morgan fingerprint density at radius 1 is 1.53 bits per heavy atom. The highest BCUT2D eigenvalue weighted by molar-refractivity contribution is 5.81. The van der Waals surface area contributed by atoms with Gasteiger partial charge < -0.3 is 10.1 Å². The predicted octanol–water partition coefficient (Wildman–Crippen LogP) is 1.65. The molecule has 0 radical (unpaired) electrons. The van der Waals surface area contributed by atoms with E-state index in [0.717, 1.165) is 6.42 Å². The molecule has 0 bridgehead atoms. The predicted molar refractivity (Wildman–Crippen MR) is 69.3 cm³/mol. The van der Waals surface area contributed by atoms with Gasteiger partial charge in [0.15, 0.2) is 0 Å². The summed E-state index contributed by atoms with van der Waals surface area (Å²) in [5.41, 5.74) is -0.703. The molecule has 0 amide bonds. The molecule has 2 unspecified atom stereocenters. The molecule has 0 spiro atoms. The molecular weight excluding hydrogens is 254 g/mol. The fourth-order valence-electron chi connectivity index (χ4n) is 2.79. The third kappa shape index (κ3) is 4.11. The number of esters is 1. The molecule has 19 heavy (non-hydrogen) atoms. The SMILES string of the molecule is CCNC1(C(=O)OCC)CCC(N(C)CC(F)F)C1. The largest absolute Gasteiger partial charge is 0.465 e. The summed E-state index contributed by atoms with van der Waals surface area (Å²) >= 11 is 0. The number of hydrogen-bond acceptors (Lipinski definition) is 4. The van der Waals surface area contributed by atoms with Crippen molar-refractivity contribution in [3.05, 3.63) is 0 Å². The normalized spacial score (nSPS) is 27.2. The zero-order valence-electron chi connectivity index (χ0n) is 11.9. The topological polar surface area (TPSA) is 41.6 Å². The van der Waals surface area contributed by atoms with Crippen molar-refractivity contribution in [1.29, 1.82) is 0 Å². The summed E-state index contributed by atoms with van der Waals surface area (Å²) in [4.78, 5) is 13.7. The first-order valence-corrected chi connectivity index (χ1v) is 6.85. The lowest BCUT2D eigenvalue weighted by atomic mass is 9.97. The van der Waals surface area contributed by atoms with Crippen molar-refractivity contribution >= 4 is 5.97 Å². The Hall–Kier alpha value is -0.750. The van der Waals surface area contributed by atoms with Gasteiger partial charge in [0, 0.05) is 6.04 Å². The van der Waals surface area contributed by atoms with Crippen LogP contribution < -0.4 is 5.32 Å². The average molecular weight is 278 g/mol. The van der Waals surface area contributed by atoms with E-state index in [9.17, 15) is 13.6 Å². The lowest BCUT2D eigenvalue weighted by Crippen LogP contribution is -2.52. The maximum atomic E-state index is 12.4. The summed E-state index contributed by atoms with van der Waals surface area (Å²) in [6, 6.07) is -0.00236. The third-order valence-electron chi connectivity index (χ3n) is 3.72. The van der Waals surface area contributed by atoms with E-state index < -0.39 is 12.0 Å². The Morgan fingerprint density at radius 3 is 2.74 bits per heavy atom. The van der Waals surface area contributed by atoms with Gasteiger partial charge >= 0.3 is 5.97 Å². The molecule has 0 saturated heterocycles. The van der Waals surface area contributed by atoms with Crippen molar-refractivity contribution in [2.24, 2.45) is 0 Å². The number of carbonyl (C=O) groups is 1. The van der Waals surface area contributed by atoms with Crippen LogP contribution in [0.15, 0.2) is 0 Å². The van der Waals surface area contributed by atoms with Crippen LogP contribution in [0.2, 0.25) is 0 Å². The van der Waals surface area contributed by atoms with Gasteiger partial charge in [0.25, 0.3) is 6.43 Å². The first-order valence-electron chi connectivity index (χ1n) is 6.85. The van der Waals surface area contributed by atoms with Crippen molar-refractivity contribution in [1.82, 2.24) is 10.2 Å². The molecule has 1 rings (SSSR count). The van der Waals surface area contributed by atoms with Crippen LogP contribution in [0.4, 0.5) is 8.78 Å². The molecule has 1 fully saturated rings. The fourth-order valence-corrected chi connectivity index (χ4v) is 2.79. The summed E-state index contributed by atoms with van der Waals surface area (Å²) < 4.78 is 29.9. The van der Waals surface area contributed by atoms with Crippen molar-refractivity contribution in [2.75, 3.05) is 26.7 Å². The van der Waals surface area contributed by atoms with Gasteiger partial charge in [-0.15, -0.1) is 0 Å². The van der Waals surface area contributed by atoms with Crippen molar-refractivity contribution in [2.45, 2.75) is 51.1 Å². The molecule has 0 aromatic heterocycles. The Balaban J connectivity index is 2.68. The molecule has 112 valence electrons. The lowest BCUT2D eigenvalue weighted by molar-refractivity contribution is -0.151. The van der Waals surface area contributed by atoms with Crippen molar-refractivity contribution in [3.8, 4) is 0 Å². The lowest BCUT2D eigenvalue weighted by Gasteiger charge is -2.30. The monoisotopic (exact) mass is 278 g/mol. The molecule has 4 nitrogen and oxygen atoms in total. The Morgan fingerprint density at radius 2 is 2.21 bits per heavy atom. The number of ether oxygens (including phenoxy) is 1. The van der Waals surface area contributed by atoms with Gasteiger partial charge in [0.2, 0.25) is 0 Å². The van der Waals surface area contributed by atoms with Gasteiger partial charge in [-0.2, -0.15) is 0 Å². The maximum Gasteiger partial charge on any atom is 0.326 e. The van der Waals surface area contributed by atoms with Crippen LogP contribution in [0.1, 0.15) is 33.1 Å². The van der Waals surface area contributed by atoms with E-state index >= 15 is 0 Å². The standard InChI is InChI=1S/C13H24F2N2O2/c1-4-16-13(12(18)19-5-2)7-6-10(8-13)17(3)9-11(14)15/h10-11,16H,4-9H2,1-3H3. The smallest absolute Gasteiger partial charge is 0.326 e. The molecule has 1 N–H and O–H groups in total. The second-order valence-electron chi connectivity index (χ2n) is 5.06. The number of halogens is 2. The highest BCUT2D eigenvalue weighted by Gasteiger charge is 2.47. The third-order valence-corrected chi connectivity index (χ3v) is 3.72. The van der Waals surface area contributed by atoms with Gasteiger partial charge in [-0.25, -0.2) is 8.78 Å². The second-order valence-corrected chi connectivity index (χ2v) is 5.06. The quantitative estimate of drug-likeness (QED) is 0.719. The van der Waals surface area contributed by atoms with Gasteiger partial charge in [0.1, 0.15) is 5.54 Å². The molecule has 0 aromatic rings. The van der Waals surface area contributed by atoms with E-state index in [2.05, 4.69) is 5.32 Å². The van der Waals surface area contributed by atoms with Gasteiger partial charge in [-0.3, -0.25) is 9.69 Å². The van der Waals surface area contributed by atoms with Gasteiger partial charge in [-0.1, -0.05) is 6.92 Å². The van der Waals surface area contributed by atoms with Gasteiger partial charge in [-0.05, 0) is 39.8 Å². The fraction of sp³-hybridized carbons (Fsp3) is 0.923. The summed E-state index contributed by atoms with van der Waals surface area (Å²) in [6.07, 6.45) is -0.447. The Labute approximate surface area is 113 Å². The molecule has 0 aromatic carbocycles. The highest BCUT2D eigenvalue weighted by Crippen LogP contribution is 2.34. The number of carbonyl (C=O) groups excluding carboxylic acids is 1. The van der Waals surface area contributed by atoms with E-state index in [-0.39, 0.29) is 18.6 Å². The molecule has 1 aliphatic carbocycles. The van der Waals surface area contributed by atoms with Crippen LogP contribution in [0.25, 0.3) is 0 Å². The first-order chi connectivity index (χ1) is 8.95. The molecule has 1 aliphatic rings. The molecule has 0 aliphatic heterocycles. The van der Waals surface area contributed by atoms with Crippen LogP contribution >= 0.6 is 0 Å². The zero-order chi connectivity index (χ0) is 14.5. The van der Waals surface area contributed by atoms with E-state index in [4.69, 9.17) is 4.74 Å². The molecule has 2 atom stereocenters. The van der Waals surface area contributed by atoms with Crippen molar-refractivity contribution in [3.63, 3.8) is 0 Å². The van der Waals surface area contributed by atoms with Crippen LogP contribution in [-0.4, -0.2) is 55.6 Å². The zero-order valence-corrected chi connectivity index (χ0v) is 11.9. The van der Waals surface area contributed by atoms with Gasteiger partial charge in [0.05, 0.1) is 13.2 Å². The van der Waals surface area contributed by atoms with E-state index in [1.54, 1.807) is 18.9 Å². The van der Waals surface area contributed by atoms with E-state index in [0.29, 0.717) is 26.0 Å². The summed E-state index contributed by atoms with van der Waals surface area (Å²) in [5, 5.41) is 3.19.